The van der Waals surface area contributed by atoms with Gasteiger partial charge >= 0.3 is 5.97 Å². The van der Waals surface area contributed by atoms with Crippen LogP contribution in [0.15, 0.2) is 11.1 Å². The Morgan fingerprint density at radius 3 is 2.40 bits per heavy atom. The molecule has 0 amide bonds. The molecule has 0 bridgehead atoms. The van der Waals surface area contributed by atoms with E-state index in [1.807, 2.05) is 0 Å². The monoisotopic (exact) mass is 164 g/mol. The highest BCUT2D eigenvalue weighted by Gasteiger charge is 2.07. The molecule has 2 N–H and O–H groups in total. The highest BCUT2D eigenvalue weighted by Crippen LogP contribution is 1.98. The van der Waals surface area contributed by atoms with Gasteiger partial charge in [0.2, 0.25) is 0 Å². The van der Waals surface area contributed by atoms with Crippen molar-refractivity contribution in [2.24, 2.45) is 5.73 Å². The lowest BCUT2D eigenvalue weighted by Crippen LogP contribution is -2.11. The molecule has 0 aliphatic heterocycles. The maximum Gasteiger partial charge on any atom is 0.347 e. The molecule has 10 heavy (non-hydrogen) atoms. The van der Waals surface area contributed by atoms with Crippen molar-refractivity contribution in [2.45, 2.75) is 0 Å². The summed E-state index contributed by atoms with van der Waals surface area (Å²) in [6.07, 6.45) is 0.676. The fraction of sp³-hybridized carbons (Fsp3) is 0.250. The first-order valence-electron chi connectivity index (χ1n) is 2.23. The first-order valence-corrected chi connectivity index (χ1v) is 3.30. The van der Waals surface area contributed by atoms with E-state index in [0.717, 1.165) is 7.11 Å². The van der Waals surface area contributed by atoms with Crippen LogP contribution in [0.25, 0.3) is 0 Å². The van der Waals surface area contributed by atoms with Crippen LogP contribution in [0.1, 0.15) is 0 Å². The zero-order valence-corrected chi connectivity index (χ0v) is 6.01. The van der Waals surface area contributed by atoms with Gasteiger partial charge in [-0.3, -0.25) is 4.21 Å². The third kappa shape index (κ3) is 2.16. The molecule has 0 aliphatic carbocycles. The zero-order valence-electron chi connectivity index (χ0n) is 5.20. The van der Waals surface area contributed by atoms with Crippen molar-refractivity contribution in [1.29, 1.82) is 0 Å². The molecule has 58 valence electrons. The Balaban J connectivity index is 4.39. The van der Waals surface area contributed by atoms with E-state index < -0.39 is 22.0 Å². The van der Waals surface area contributed by atoms with Gasteiger partial charge in [-0.1, -0.05) is 0 Å². The van der Waals surface area contributed by atoms with Gasteiger partial charge in [-0.15, -0.1) is 0 Å². The van der Waals surface area contributed by atoms with Crippen LogP contribution in [0.2, 0.25) is 0 Å². The van der Waals surface area contributed by atoms with E-state index in [1.165, 1.54) is 0 Å². The normalized spacial score (nSPS) is 14.4. The van der Waals surface area contributed by atoms with E-state index in [2.05, 4.69) is 4.74 Å². The molecule has 1 atom stereocenters. The first kappa shape index (κ1) is 9.12. The lowest BCUT2D eigenvalue weighted by atomic mass is 10.6. The third-order valence-electron chi connectivity index (χ3n) is 0.718. The quantitative estimate of drug-likeness (QED) is 0.315. The molecular formula is C4H6NO4S-. The smallest absolute Gasteiger partial charge is 0.347 e. The summed E-state index contributed by atoms with van der Waals surface area (Å²) in [5.41, 5.74) is 4.79. The summed E-state index contributed by atoms with van der Waals surface area (Å²) >= 11 is -2.62. The molecule has 0 spiro atoms. The zero-order chi connectivity index (χ0) is 8.15. The second kappa shape index (κ2) is 4.02. The summed E-state index contributed by atoms with van der Waals surface area (Å²) in [5.74, 6) is -0.962. The van der Waals surface area contributed by atoms with Crippen molar-refractivity contribution in [2.75, 3.05) is 7.11 Å². The van der Waals surface area contributed by atoms with E-state index in [1.54, 1.807) is 0 Å². The molecule has 0 aromatic carbocycles. The van der Waals surface area contributed by atoms with Gasteiger partial charge in [-0.2, -0.15) is 0 Å². The molecule has 0 radical (unpaired) electrons. The Kier molecular flexibility index (Phi) is 3.67. The highest BCUT2D eigenvalue weighted by atomic mass is 32.2. The molecular weight excluding hydrogens is 158 g/mol. The summed E-state index contributed by atoms with van der Waals surface area (Å²) in [7, 11) is 1.07. The van der Waals surface area contributed by atoms with Gasteiger partial charge in [0.25, 0.3) is 0 Å². The summed E-state index contributed by atoms with van der Waals surface area (Å²) in [4.78, 5) is 9.85. The van der Waals surface area contributed by atoms with Gasteiger partial charge in [0.15, 0.2) is 0 Å². The fourth-order valence-electron chi connectivity index (χ4n) is 0.292. The molecule has 0 heterocycles. The van der Waals surface area contributed by atoms with Crippen LogP contribution in [-0.4, -0.2) is 21.8 Å². The number of hydrogen-bond donors (Lipinski definition) is 1. The number of nitrogens with two attached hydrogens (primary N) is 1. The minimum atomic E-state index is -2.62. The molecule has 6 heteroatoms. The summed E-state index contributed by atoms with van der Waals surface area (Å²) in [6.45, 7) is 0. The molecule has 0 aliphatic rings. The van der Waals surface area contributed by atoms with Gasteiger partial charge in [-0.05, 0) is 11.1 Å². The molecule has 0 rings (SSSR count). The SMILES string of the molecule is COC(=O)/C(=C\N)S(=O)[O-]. The number of methoxy groups -OCH3 is 1. The molecule has 0 saturated heterocycles. The lowest BCUT2D eigenvalue weighted by Gasteiger charge is -2.05. The number of ether oxygens (including phenoxy) is 1. The number of carbonyl (C=O) groups excluding carboxylic acids is 1. The first-order chi connectivity index (χ1) is 4.63. The van der Waals surface area contributed by atoms with Crippen LogP contribution in [0.3, 0.4) is 0 Å². The van der Waals surface area contributed by atoms with Crippen molar-refractivity contribution in [3.8, 4) is 0 Å². The van der Waals surface area contributed by atoms with Crippen LogP contribution in [0, 0.1) is 0 Å². The van der Waals surface area contributed by atoms with Gasteiger partial charge in [-0.25, -0.2) is 4.79 Å². The van der Waals surface area contributed by atoms with Crippen LogP contribution in [-0.2, 0) is 20.6 Å². The van der Waals surface area contributed by atoms with E-state index in [4.69, 9.17) is 5.73 Å². The van der Waals surface area contributed by atoms with Crippen LogP contribution in [0.5, 0.6) is 0 Å². The average Bonchev–Trinajstić information content (AvgIpc) is 1.88. The molecule has 0 aromatic rings. The number of carbonyl (C=O) groups is 1. The fourth-order valence-corrected chi connectivity index (χ4v) is 0.623. The lowest BCUT2D eigenvalue weighted by molar-refractivity contribution is -0.135. The molecule has 0 saturated carbocycles. The number of esters is 1. The van der Waals surface area contributed by atoms with E-state index in [0.29, 0.717) is 6.20 Å². The Hall–Kier alpha value is -0.880. The van der Waals surface area contributed by atoms with Crippen molar-refractivity contribution < 1.29 is 18.3 Å². The molecule has 1 unspecified atom stereocenters. The van der Waals surface area contributed by atoms with Crippen molar-refractivity contribution in [1.82, 2.24) is 0 Å². The minimum absolute atomic E-state index is 0.567. The van der Waals surface area contributed by atoms with Crippen molar-refractivity contribution in [3.63, 3.8) is 0 Å². The molecule has 0 fully saturated rings. The van der Waals surface area contributed by atoms with Crippen LogP contribution < -0.4 is 5.73 Å². The highest BCUT2D eigenvalue weighted by molar-refractivity contribution is 7.84. The Morgan fingerprint density at radius 1 is 1.80 bits per heavy atom. The van der Waals surface area contributed by atoms with E-state index in [9.17, 15) is 13.6 Å². The maximum absolute atomic E-state index is 10.4. The van der Waals surface area contributed by atoms with Gasteiger partial charge < -0.3 is 15.0 Å². The summed E-state index contributed by atoms with van der Waals surface area (Å²) in [5, 5.41) is 0. The van der Waals surface area contributed by atoms with Crippen molar-refractivity contribution >= 4 is 17.0 Å². The topological polar surface area (TPSA) is 92.5 Å². The Labute approximate surface area is 60.1 Å². The Morgan fingerprint density at radius 2 is 2.30 bits per heavy atom. The molecule has 0 aromatic heterocycles. The third-order valence-corrected chi connectivity index (χ3v) is 1.38. The van der Waals surface area contributed by atoms with Gasteiger partial charge in [0, 0.05) is 6.20 Å². The van der Waals surface area contributed by atoms with Gasteiger partial charge in [0.05, 0.1) is 7.11 Å². The molecule has 5 nitrogen and oxygen atoms in total. The largest absolute Gasteiger partial charge is 0.768 e. The van der Waals surface area contributed by atoms with Crippen LogP contribution >= 0.6 is 0 Å². The summed E-state index contributed by atoms with van der Waals surface area (Å²) < 4.78 is 24.2. The second-order valence-electron chi connectivity index (χ2n) is 1.26. The second-order valence-corrected chi connectivity index (χ2v) is 2.17. The van der Waals surface area contributed by atoms with Gasteiger partial charge in [0.1, 0.15) is 4.91 Å². The Bertz CT molecular complexity index is 188. The standard InChI is InChI=1S/C4H7NO4S/c1-9-4(6)3(2-5)10(7)8/h2H,5H2,1H3,(H,7,8)/p-1/b3-2+. The van der Waals surface area contributed by atoms with Crippen molar-refractivity contribution in [3.05, 3.63) is 11.1 Å². The predicted octanol–water partition coefficient (Wildman–Crippen LogP) is -1.16. The minimum Gasteiger partial charge on any atom is -0.768 e. The number of hydrogen-bond acceptors (Lipinski definition) is 5. The van der Waals surface area contributed by atoms with Crippen LogP contribution in [0.4, 0.5) is 0 Å². The van der Waals surface area contributed by atoms with E-state index >= 15 is 0 Å². The number of rotatable bonds is 2. The predicted molar refractivity (Wildman–Crippen MR) is 33.2 cm³/mol. The maximum atomic E-state index is 10.4. The van der Waals surface area contributed by atoms with E-state index in [-0.39, 0.29) is 0 Å². The summed E-state index contributed by atoms with van der Waals surface area (Å²) in [6, 6.07) is 0. The average molecular weight is 164 g/mol.